The van der Waals surface area contributed by atoms with Gasteiger partial charge in [-0.05, 0) is 54.6 Å². The maximum Gasteiger partial charge on any atom is 0.341 e. The van der Waals surface area contributed by atoms with Crippen molar-refractivity contribution < 1.29 is 59.5 Å². The van der Waals surface area contributed by atoms with Crippen LogP contribution in [0, 0.1) is 0 Å². The van der Waals surface area contributed by atoms with E-state index >= 15 is 0 Å². The Morgan fingerprint density at radius 3 is 2.29 bits per heavy atom. The number of rotatable bonds is 16. The molecule has 0 atom stereocenters. The Labute approximate surface area is 297 Å². The molecule has 1 heterocycles. The minimum absolute atomic E-state index is 0.00389. The van der Waals surface area contributed by atoms with E-state index < -0.39 is 42.5 Å². The smallest absolute Gasteiger partial charge is 0.341 e. The molecule has 0 radical (unpaired) electrons. The number of carboxylic acid groups (broad SMARTS) is 1. The number of carboxylic acids is 1. The van der Waals surface area contributed by atoms with Gasteiger partial charge in [0.05, 0.1) is 44.6 Å². The highest BCUT2D eigenvalue weighted by molar-refractivity contribution is 7.96. The Bertz CT molecular complexity index is 2200. The van der Waals surface area contributed by atoms with E-state index in [1.54, 1.807) is 18.3 Å². The Morgan fingerprint density at radius 1 is 0.882 bits per heavy atom. The number of nitrogens with zero attached hydrogens (tertiary/aromatic N) is 5. The number of anilines is 2. The second kappa shape index (κ2) is 17.3. The number of carbonyl (C=O) groups is 2. The van der Waals surface area contributed by atoms with Gasteiger partial charge < -0.3 is 20.8 Å². The highest BCUT2D eigenvalue weighted by Gasteiger charge is 2.23. The van der Waals surface area contributed by atoms with Gasteiger partial charge in [0.1, 0.15) is 33.3 Å². The van der Waals surface area contributed by atoms with Crippen molar-refractivity contribution in [3.63, 3.8) is 0 Å². The Morgan fingerprint density at radius 2 is 1.61 bits per heavy atom. The molecular weight excluding hydrogens is 755 g/mol. The van der Waals surface area contributed by atoms with Crippen LogP contribution in [0.2, 0.25) is 0 Å². The van der Waals surface area contributed by atoms with E-state index in [4.69, 9.17) is 26.0 Å². The average Bonchev–Trinajstić information content (AvgIpc) is 3.09. The van der Waals surface area contributed by atoms with Crippen LogP contribution >= 0.6 is 24.1 Å². The first-order valence-electron chi connectivity index (χ1n) is 13.8. The molecule has 0 aliphatic rings. The largest absolute Gasteiger partial charge is 0.477 e. The Hall–Kier alpha value is -5.01. The predicted molar refractivity (Wildman–Crippen MR) is 181 cm³/mol. The molecule has 19 nitrogen and oxygen atoms in total. The number of aromatic nitrogens is 1. The summed E-state index contributed by atoms with van der Waals surface area (Å²) < 4.78 is 70.4. The van der Waals surface area contributed by atoms with Crippen LogP contribution in [0.1, 0.15) is 10.4 Å². The fourth-order valence-electron chi connectivity index (χ4n) is 3.95. The van der Waals surface area contributed by atoms with Crippen molar-refractivity contribution in [3.05, 3.63) is 84.7 Å². The van der Waals surface area contributed by atoms with E-state index in [1.807, 2.05) is 0 Å². The molecule has 51 heavy (non-hydrogen) atoms. The monoisotopic (exact) mass is 780 g/mol. The normalized spacial score (nSPS) is 12.0. The molecule has 4 rings (SSSR count). The molecule has 3 aromatic carbocycles. The molecule has 268 valence electrons. The van der Waals surface area contributed by atoms with Crippen LogP contribution in [0.4, 0.5) is 34.1 Å². The van der Waals surface area contributed by atoms with Crippen molar-refractivity contribution in [2.75, 3.05) is 23.0 Å². The number of aromatic carboxylic acids is 1. The zero-order valence-corrected chi connectivity index (χ0v) is 28.9. The molecule has 0 unspecified atom stereocenters. The first kappa shape index (κ1) is 38.8. The van der Waals surface area contributed by atoms with Crippen molar-refractivity contribution >= 4 is 90.1 Å². The number of azo groups is 2. The van der Waals surface area contributed by atoms with Gasteiger partial charge in [-0.2, -0.15) is 18.6 Å². The number of nitrogens with two attached hydrogens (primary N) is 2. The van der Waals surface area contributed by atoms with E-state index in [2.05, 4.69) is 29.8 Å². The zero-order valence-electron chi connectivity index (χ0n) is 25.7. The fraction of sp³-hybridized carbons (Fsp3) is 0.107. The second-order valence-electron chi connectivity index (χ2n) is 9.83. The van der Waals surface area contributed by atoms with Crippen LogP contribution in [0.25, 0.3) is 0 Å². The lowest BCUT2D eigenvalue weighted by molar-refractivity contribution is -0.692. The minimum atomic E-state index is -4.91. The molecule has 0 aliphatic heterocycles. The van der Waals surface area contributed by atoms with E-state index in [0.29, 0.717) is 29.0 Å². The van der Waals surface area contributed by atoms with E-state index in [1.165, 1.54) is 59.3 Å². The third kappa shape index (κ3) is 11.0. The lowest BCUT2D eigenvalue weighted by Crippen LogP contribution is -2.37. The summed E-state index contributed by atoms with van der Waals surface area (Å²) in [6, 6.07) is 15.1. The van der Waals surface area contributed by atoms with Crippen LogP contribution in [-0.4, -0.2) is 55.2 Å². The number of sulfone groups is 1. The lowest BCUT2D eigenvalue weighted by Gasteiger charge is -2.10. The van der Waals surface area contributed by atoms with Crippen molar-refractivity contribution in [2.45, 2.75) is 21.2 Å². The van der Waals surface area contributed by atoms with Crippen LogP contribution in [0.5, 0.6) is 0 Å². The summed E-state index contributed by atoms with van der Waals surface area (Å²) in [5.74, 6) is -2.48. The molecule has 0 amide bonds. The van der Waals surface area contributed by atoms with Gasteiger partial charge in [-0.15, -0.1) is 14.6 Å². The fourth-order valence-corrected chi connectivity index (χ4v) is 6.69. The molecule has 1 aromatic heterocycles. The number of benzene rings is 3. The third-order valence-corrected chi connectivity index (χ3v) is 10.2. The van der Waals surface area contributed by atoms with Crippen LogP contribution < -0.4 is 16.0 Å². The van der Waals surface area contributed by atoms with E-state index in [9.17, 15) is 31.0 Å². The van der Waals surface area contributed by atoms with Crippen molar-refractivity contribution in [2.24, 2.45) is 20.5 Å². The maximum atomic E-state index is 12.9. The molecule has 0 spiro atoms. The summed E-state index contributed by atoms with van der Waals surface area (Å²) >= 11 is 1.18. The minimum Gasteiger partial charge on any atom is -0.477 e. The topological polar surface area (TPSA) is 296 Å². The van der Waals surface area contributed by atoms with Gasteiger partial charge in [-0.3, -0.25) is 9.35 Å². The van der Waals surface area contributed by atoms with Gasteiger partial charge in [0.15, 0.2) is 28.8 Å². The lowest BCUT2D eigenvalue weighted by atomic mass is 10.2. The van der Waals surface area contributed by atoms with Gasteiger partial charge in [0.2, 0.25) is 0 Å². The summed E-state index contributed by atoms with van der Waals surface area (Å²) in [5.41, 5.74) is 11.1. The number of nitrogen functional groups attached to an aromatic ring is 2. The van der Waals surface area contributed by atoms with Crippen LogP contribution in [0.3, 0.4) is 0 Å². The molecule has 0 saturated heterocycles. The summed E-state index contributed by atoms with van der Waals surface area (Å²) in [6.45, 7) is -0.00813. The van der Waals surface area contributed by atoms with E-state index in [0.717, 1.165) is 6.07 Å². The average molecular weight is 781 g/mol. The van der Waals surface area contributed by atoms with Crippen molar-refractivity contribution in [1.29, 1.82) is 0 Å². The van der Waals surface area contributed by atoms with E-state index in [-0.39, 0.29) is 56.9 Å². The SMILES string of the molecule is Nc1c(N=Nc2cccc(SOC(=O)CSOOO)c2)cc(S(=O)(=O)O)c(N)c1N=Nc1ccc(S(=O)(=O)CC[n+]2cccc(C(=O)O)c2)cc1. The first-order chi connectivity index (χ1) is 24.2. The molecule has 4 aromatic rings. The Kier molecular flexibility index (Phi) is 13.1. The van der Waals surface area contributed by atoms with Crippen molar-refractivity contribution in [1.82, 2.24) is 0 Å². The molecule has 7 N–H and O–H groups in total. The number of hydrogen-bond donors (Lipinski definition) is 5. The number of carbonyl (C=O) groups excluding carboxylic acids is 1. The summed E-state index contributed by atoms with van der Waals surface area (Å²) in [5, 5.41) is 36.6. The first-order valence-corrected chi connectivity index (χ1v) is 18.6. The summed E-state index contributed by atoms with van der Waals surface area (Å²) in [7, 11) is -8.71. The highest BCUT2D eigenvalue weighted by atomic mass is 32.2. The summed E-state index contributed by atoms with van der Waals surface area (Å²) in [6.07, 6.45) is 2.86. The second-order valence-corrected chi connectivity index (χ2v) is 14.8. The molecule has 0 saturated carbocycles. The van der Waals surface area contributed by atoms with Crippen LogP contribution in [-0.2, 0) is 44.8 Å². The number of hydrogen-bond acceptors (Lipinski definition) is 18. The molecule has 0 fully saturated rings. The standard InChI is InChI=1S/C28H25N7O12S4/c29-25-22(33-32-19-4-1-5-20(13-19)49-45-24(36)16-48-47-46-39)14-23(51(42,43)44)26(30)27(25)34-31-18-6-8-21(9-7-18)50(40,41)12-11-35-10-2-3-17(15-35)28(37)38/h1-10,13-15H,11-12,16,29-30H2,(H2-,37,38,39,42,43,44)/p+1. The molecular formula is C28H26N7O12S4+. The van der Waals surface area contributed by atoms with Gasteiger partial charge in [0, 0.05) is 18.1 Å². The van der Waals surface area contributed by atoms with Crippen molar-refractivity contribution in [3.8, 4) is 0 Å². The highest BCUT2D eigenvalue weighted by Crippen LogP contribution is 2.43. The quantitative estimate of drug-likeness (QED) is 0.0146. The zero-order chi connectivity index (χ0) is 37.2. The third-order valence-electron chi connectivity index (χ3n) is 6.36. The van der Waals surface area contributed by atoms with Gasteiger partial charge in [-0.1, -0.05) is 11.1 Å². The molecule has 0 bridgehead atoms. The predicted octanol–water partition coefficient (Wildman–Crippen LogP) is 5.01. The van der Waals surface area contributed by atoms with Crippen LogP contribution in [0.15, 0.2) is 114 Å². The maximum absolute atomic E-state index is 12.9. The number of aryl methyl sites for hydroxylation is 1. The van der Waals surface area contributed by atoms with Gasteiger partial charge in [0.25, 0.3) is 10.1 Å². The number of pyridine rings is 1. The van der Waals surface area contributed by atoms with Gasteiger partial charge >= 0.3 is 11.9 Å². The summed E-state index contributed by atoms with van der Waals surface area (Å²) in [4.78, 5) is 22.5. The van der Waals surface area contributed by atoms with Gasteiger partial charge in [-0.25, -0.2) is 23.0 Å². The molecule has 23 heteroatoms. The Balaban J connectivity index is 1.53. The molecule has 0 aliphatic carbocycles.